The minimum atomic E-state index is -3.89. The molecule has 5 aromatic carbocycles. The predicted molar refractivity (Wildman–Crippen MR) is 151 cm³/mol. The molecule has 5 aromatic rings. The molecule has 0 spiro atoms. The van der Waals surface area contributed by atoms with Crippen molar-refractivity contribution in [2.45, 2.75) is 23.2 Å². The first-order chi connectivity index (χ1) is 17.7. The summed E-state index contributed by atoms with van der Waals surface area (Å²) in [6, 6.07) is 56.5. The van der Waals surface area contributed by atoms with Crippen LogP contribution in [0.25, 0.3) is 0 Å². The van der Waals surface area contributed by atoms with Crippen LogP contribution in [0.3, 0.4) is 0 Å². The molecule has 0 aliphatic heterocycles. The Hall–Kier alpha value is -3.16. The van der Waals surface area contributed by atoms with Gasteiger partial charge in [0, 0.05) is 0 Å². The number of benzene rings is 5. The summed E-state index contributed by atoms with van der Waals surface area (Å²) in [6.45, 7) is 0. The summed E-state index contributed by atoms with van der Waals surface area (Å²) in [5.74, 6) is 0. The number of hydrogen-bond acceptors (Lipinski definition) is 0. The van der Waals surface area contributed by atoms with Gasteiger partial charge >= 0.3 is 218 Å². The van der Waals surface area contributed by atoms with Gasteiger partial charge in [0.15, 0.2) is 0 Å². The molecule has 0 radical (unpaired) electrons. The zero-order valence-corrected chi connectivity index (χ0v) is 24.1. The normalized spacial score (nSPS) is 12.5. The first kappa shape index (κ1) is 24.5. The van der Waals surface area contributed by atoms with Crippen LogP contribution in [0.1, 0.15) is 27.8 Å². The Morgan fingerprint density at radius 1 is 0.250 bits per heavy atom. The van der Waals surface area contributed by atoms with Gasteiger partial charge < -0.3 is 0 Å². The van der Waals surface area contributed by atoms with Gasteiger partial charge in [0.25, 0.3) is 0 Å². The van der Waals surface area contributed by atoms with Crippen molar-refractivity contribution in [1.29, 1.82) is 0 Å². The average molecular weight is 637 g/mol. The van der Waals surface area contributed by atoms with E-state index in [1.807, 2.05) is 0 Å². The molecule has 0 amide bonds. The molecule has 5 rings (SSSR count). The van der Waals surface area contributed by atoms with Crippen molar-refractivity contribution >= 4 is 0 Å². The summed E-state index contributed by atoms with van der Waals surface area (Å²) in [5.41, 5.74) is 7.45. The van der Waals surface area contributed by atoms with Crippen LogP contribution >= 0.6 is 0 Å². The van der Waals surface area contributed by atoms with Crippen molar-refractivity contribution in [3.8, 4) is 0 Å². The molecule has 0 heterocycles. The van der Waals surface area contributed by atoms with E-state index >= 15 is 0 Å². The van der Waals surface area contributed by atoms with E-state index < -0.39 is 15.8 Å². The molecule has 1 heteroatoms. The first-order valence-corrected chi connectivity index (χ1v) is 24.3. The third kappa shape index (κ3) is 6.15. The second kappa shape index (κ2) is 11.3. The van der Waals surface area contributed by atoms with Crippen LogP contribution in [0.5, 0.6) is 0 Å². The Kier molecular flexibility index (Phi) is 7.68. The van der Waals surface area contributed by atoms with Gasteiger partial charge in [0.1, 0.15) is 0 Å². The van der Waals surface area contributed by atoms with Crippen molar-refractivity contribution in [2.24, 2.45) is 0 Å². The molecule has 180 valence electrons. The molecule has 0 aliphatic rings. The van der Waals surface area contributed by atoms with Crippen LogP contribution < -0.4 is 0 Å². The maximum atomic E-state index is 2.36. The fraction of sp³-hybridized carbons (Fsp3) is 0.143. The van der Waals surface area contributed by atoms with Crippen LogP contribution in [0.15, 0.2) is 152 Å². The number of rotatable bonds is 10. The van der Waals surface area contributed by atoms with Gasteiger partial charge in [-0.15, -0.1) is 0 Å². The molecule has 0 saturated heterocycles. The van der Waals surface area contributed by atoms with Gasteiger partial charge in [-0.3, -0.25) is 0 Å². The molecule has 36 heavy (non-hydrogen) atoms. The third-order valence-electron chi connectivity index (χ3n) is 7.36. The van der Waals surface area contributed by atoms with Crippen molar-refractivity contribution in [2.75, 3.05) is 0 Å². The van der Waals surface area contributed by atoms with Crippen molar-refractivity contribution in [3.05, 3.63) is 179 Å². The van der Waals surface area contributed by atoms with Crippen molar-refractivity contribution in [3.63, 3.8) is 0 Å². The Labute approximate surface area is 217 Å². The van der Waals surface area contributed by atoms with Gasteiger partial charge in [-0.2, -0.15) is 0 Å². The molecular weight excluding hydrogens is 601 g/mol. The van der Waals surface area contributed by atoms with Crippen LogP contribution in [0.2, 0.25) is 0 Å². The zero-order chi connectivity index (χ0) is 24.5. The molecule has 0 unspecified atom stereocenters. The average Bonchev–Trinajstić information content (AvgIpc) is 2.91. The molecule has 0 N–H and O–H groups in total. The summed E-state index contributed by atoms with van der Waals surface area (Å²) < 4.78 is 6.04. The van der Waals surface area contributed by atoms with E-state index in [0.29, 0.717) is 0 Å². The molecule has 0 bridgehead atoms. The van der Waals surface area contributed by atoms with Gasteiger partial charge in [-0.1, -0.05) is 0 Å². The molecule has 0 saturated carbocycles. The van der Waals surface area contributed by atoms with E-state index in [-0.39, 0.29) is 0 Å². The van der Waals surface area contributed by atoms with Crippen molar-refractivity contribution in [1.82, 2.24) is 0 Å². The van der Waals surface area contributed by atoms with Gasteiger partial charge in [0.2, 0.25) is 0 Å². The molecule has 0 aromatic heterocycles. The molecule has 0 nitrogen and oxygen atoms in total. The minimum absolute atomic E-state index is 1.21. The summed E-state index contributed by atoms with van der Waals surface area (Å²) in [7, 11) is 0. The Balaban J connectivity index is 1.76. The fourth-order valence-corrected chi connectivity index (χ4v) is 32.4. The zero-order valence-electron chi connectivity index (χ0n) is 20.9. The summed E-state index contributed by atoms with van der Waals surface area (Å²) in [4.78, 5) is 0. The fourth-order valence-electron chi connectivity index (χ4n) is 6.06. The van der Waals surface area contributed by atoms with Crippen LogP contribution in [0.4, 0.5) is 0 Å². The van der Waals surface area contributed by atoms with Crippen LogP contribution in [0, 0.1) is 0 Å². The molecular formula is C35H35Ta. The van der Waals surface area contributed by atoms with E-state index in [1.165, 1.54) is 51.0 Å². The second-order valence-corrected chi connectivity index (χ2v) is 32.2. The Morgan fingerprint density at radius 2 is 0.417 bits per heavy atom. The molecule has 0 atom stereocenters. The standard InChI is InChI=1S/5C7H7.Ta/c5*1-7-5-3-2-4-6-7;/h5*2-6H,1H2;. The molecule has 0 fully saturated rings. The summed E-state index contributed by atoms with van der Waals surface area (Å²) >= 11 is -3.89. The summed E-state index contributed by atoms with van der Waals surface area (Å²) in [5, 5.41) is 0. The van der Waals surface area contributed by atoms with E-state index in [1.54, 1.807) is 0 Å². The maximum absolute atomic E-state index is 3.89. The Morgan fingerprint density at radius 3 is 0.583 bits per heavy atom. The van der Waals surface area contributed by atoms with Gasteiger partial charge in [-0.05, 0) is 0 Å². The van der Waals surface area contributed by atoms with Crippen LogP contribution in [-0.4, -0.2) is 0 Å². The molecule has 0 aliphatic carbocycles. The van der Waals surface area contributed by atoms with Gasteiger partial charge in [0.05, 0.1) is 0 Å². The Bertz CT molecular complexity index is 1070. The third-order valence-corrected chi connectivity index (χ3v) is 30.0. The topological polar surface area (TPSA) is 0 Å². The van der Waals surface area contributed by atoms with E-state index in [2.05, 4.69) is 152 Å². The van der Waals surface area contributed by atoms with Crippen molar-refractivity contribution < 1.29 is 15.8 Å². The van der Waals surface area contributed by atoms with Gasteiger partial charge in [-0.25, -0.2) is 0 Å². The van der Waals surface area contributed by atoms with E-state index in [0.717, 1.165) is 0 Å². The SMILES string of the molecule is c1ccc([CH2][Ta]([CH2]c2ccccc2)([CH2]c2ccccc2)([CH2]c2ccccc2)[CH2]c2ccccc2)cc1. The monoisotopic (exact) mass is 636 g/mol. The predicted octanol–water partition coefficient (Wildman–Crippen LogP) is 8.68. The van der Waals surface area contributed by atoms with E-state index in [4.69, 9.17) is 0 Å². The summed E-state index contributed by atoms with van der Waals surface area (Å²) in [6.07, 6.45) is 0. The first-order valence-electron chi connectivity index (χ1n) is 12.9. The van der Waals surface area contributed by atoms with Crippen LogP contribution in [-0.2, 0) is 39.0 Å². The second-order valence-electron chi connectivity index (χ2n) is 10.5. The number of hydrogen-bond donors (Lipinski definition) is 0. The van der Waals surface area contributed by atoms with E-state index in [9.17, 15) is 0 Å². The quantitative estimate of drug-likeness (QED) is 0.144.